The van der Waals surface area contributed by atoms with E-state index in [0.717, 1.165) is 31.0 Å². The molecule has 1 saturated carbocycles. The van der Waals surface area contributed by atoms with Gasteiger partial charge in [-0.25, -0.2) is 4.68 Å². The fraction of sp³-hybridized carbons (Fsp3) is 0.900. The summed E-state index contributed by atoms with van der Waals surface area (Å²) in [6.45, 7) is 2.30. The Hall–Kier alpha value is -0.640. The SMILES string of the molecule is CC1CCC(Cl)CC1Cc1nnnn1C. The number of alkyl halides is 1. The Bertz CT molecular complexity index is 325. The van der Waals surface area contributed by atoms with Gasteiger partial charge in [0.2, 0.25) is 0 Å². The van der Waals surface area contributed by atoms with Crippen molar-refractivity contribution in [1.29, 1.82) is 0 Å². The fourth-order valence-electron chi connectivity index (χ4n) is 2.30. The second-order valence-corrected chi connectivity index (χ2v) is 5.19. The second kappa shape index (κ2) is 4.47. The minimum atomic E-state index is 0.340. The first-order chi connectivity index (χ1) is 7.16. The predicted octanol–water partition coefficient (Wildman–Crippen LogP) is 1.80. The summed E-state index contributed by atoms with van der Waals surface area (Å²) < 4.78 is 1.75. The smallest absolute Gasteiger partial charge is 0.151 e. The molecule has 0 aliphatic heterocycles. The maximum atomic E-state index is 6.20. The molecule has 84 valence electrons. The van der Waals surface area contributed by atoms with Crippen molar-refractivity contribution in [2.75, 3.05) is 0 Å². The third-order valence-corrected chi connectivity index (χ3v) is 3.85. The molecule has 1 aromatic rings. The highest BCUT2D eigenvalue weighted by molar-refractivity contribution is 6.20. The molecule has 0 radical (unpaired) electrons. The van der Waals surface area contributed by atoms with Gasteiger partial charge in [0.05, 0.1) is 0 Å². The van der Waals surface area contributed by atoms with Crippen molar-refractivity contribution < 1.29 is 0 Å². The van der Waals surface area contributed by atoms with Crippen LogP contribution in [-0.4, -0.2) is 25.6 Å². The number of hydrogen-bond donors (Lipinski definition) is 0. The molecule has 4 nitrogen and oxygen atoms in total. The Morgan fingerprint density at radius 2 is 2.27 bits per heavy atom. The first kappa shape index (κ1) is 10.9. The summed E-state index contributed by atoms with van der Waals surface area (Å²) in [5.74, 6) is 2.33. The quantitative estimate of drug-likeness (QED) is 0.725. The minimum Gasteiger partial charge on any atom is -0.233 e. The van der Waals surface area contributed by atoms with Crippen molar-refractivity contribution in [2.24, 2.45) is 18.9 Å². The van der Waals surface area contributed by atoms with Gasteiger partial charge in [-0.3, -0.25) is 0 Å². The number of aryl methyl sites for hydroxylation is 1. The highest BCUT2D eigenvalue weighted by atomic mass is 35.5. The van der Waals surface area contributed by atoms with Gasteiger partial charge in [0.15, 0.2) is 5.82 Å². The van der Waals surface area contributed by atoms with E-state index in [2.05, 4.69) is 22.4 Å². The Labute approximate surface area is 95.0 Å². The molecule has 5 heteroatoms. The van der Waals surface area contributed by atoms with E-state index in [0.29, 0.717) is 11.3 Å². The van der Waals surface area contributed by atoms with Crippen molar-refractivity contribution in [3.63, 3.8) is 0 Å². The maximum Gasteiger partial charge on any atom is 0.151 e. The van der Waals surface area contributed by atoms with Crippen molar-refractivity contribution in [1.82, 2.24) is 20.2 Å². The largest absolute Gasteiger partial charge is 0.233 e. The van der Waals surface area contributed by atoms with Crippen LogP contribution in [0, 0.1) is 11.8 Å². The summed E-state index contributed by atoms with van der Waals surface area (Å²) in [7, 11) is 1.89. The van der Waals surface area contributed by atoms with E-state index in [4.69, 9.17) is 11.6 Å². The van der Waals surface area contributed by atoms with Gasteiger partial charge in [-0.1, -0.05) is 6.92 Å². The number of halogens is 1. The van der Waals surface area contributed by atoms with Crippen LogP contribution in [0.4, 0.5) is 0 Å². The molecule has 3 atom stereocenters. The Morgan fingerprint density at radius 3 is 2.93 bits per heavy atom. The summed E-state index contributed by atoms with van der Waals surface area (Å²) in [6, 6.07) is 0. The minimum absolute atomic E-state index is 0.340. The van der Waals surface area contributed by atoms with Gasteiger partial charge >= 0.3 is 0 Å². The van der Waals surface area contributed by atoms with Crippen LogP contribution in [0.3, 0.4) is 0 Å². The van der Waals surface area contributed by atoms with E-state index < -0.39 is 0 Å². The predicted molar refractivity (Wildman–Crippen MR) is 58.6 cm³/mol. The number of hydrogen-bond acceptors (Lipinski definition) is 3. The molecule has 3 unspecified atom stereocenters. The van der Waals surface area contributed by atoms with Crippen LogP contribution in [0.1, 0.15) is 32.0 Å². The average Bonchev–Trinajstić information content (AvgIpc) is 2.58. The van der Waals surface area contributed by atoms with Gasteiger partial charge in [0, 0.05) is 18.8 Å². The number of nitrogens with zero attached hydrogens (tertiary/aromatic N) is 4. The first-order valence-corrected chi connectivity index (χ1v) is 5.95. The normalized spacial score (nSPS) is 31.8. The fourth-order valence-corrected chi connectivity index (χ4v) is 2.65. The summed E-state index contributed by atoms with van der Waals surface area (Å²) in [5, 5.41) is 11.9. The van der Waals surface area contributed by atoms with Crippen LogP contribution in [0.2, 0.25) is 0 Å². The van der Waals surface area contributed by atoms with Gasteiger partial charge in [-0.15, -0.1) is 16.7 Å². The molecule has 0 saturated heterocycles. The number of tetrazole rings is 1. The zero-order valence-corrected chi connectivity index (χ0v) is 9.98. The Balaban J connectivity index is 2.01. The third-order valence-electron chi connectivity index (χ3n) is 3.45. The highest BCUT2D eigenvalue weighted by Crippen LogP contribution is 2.34. The lowest BCUT2D eigenvalue weighted by molar-refractivity contribution is 0.253. The van der Waals surface area contributed by atoms with Crippen LogP contribution in [0.25, 0.3) is 0 Å². The highest BCUT2D eigenvalue weighted by Gasteiger charge is 2.27. The van der Waals surface area contributed by atoms with E-state index >= 15 is 0 Å². The van der Waals surface area contributed by atoms with E-state index in [1.807, 2.05) is 7.05 Å². The molecule has 0 bridgehead atoms. The molecule has 0 amide bonds. The van der Waals surface area contributed by atoms with Gasteiger partial charge in [0.25, 0.3) is 0 Å². The molecule has 1 fully saturated rings. The molecule has 0 N–H and O–H groups in total. The van der Waals surface area contributed by atoms with Crippen LogP contribution in [0.5, 0.6) is 0 Å². The van der Waals surface area contributed by atoms with Crippen molar-refractivity contribution in [2.45, 2.75) is 38.0 Å². The van der Waals surface area contributed by atoms with Crippen LogP contribution >= 0.6 is 11.6 Å². The molecular weight excluding hydrogens is 212 g/mol. The van der Waals surface area contributed by atoms with Gasteiger partial charge < -0.3 is 0 Å². The maximum absolute atomic E-state index is 6.20. The average molecular weight is 229 g/mol. The monoisotopic (exact) mass is 228 g/mol. The van der Waals surface area contributed by atoms with Gasteiger partial charge in [0.1, 0.15) is 0 Å². The molecule has 1 heterocycles. The molecule has 0 spiro atoms. The molecule has 1 aliphatic rings. The molecular formula is C10H17ClN4. The lowest BCUT2D eigenvalue weighted by Crippen LogP contribution is -2.26. The first-order valence-electron chi connectivity index (χ1n) is 5.52. The second-order valence-electron chi connectivity index (χ2n) is 4.57. The topological polar surface area (TPSA) is 43.6 Å². The van der Waals surface area contributed by atoms with Crippen LogP contribution in [-0.2, 0) is 13.5 Å². The Kier molecular flexibility index (Phi) is 3.24. The van der Waals surface area contributed by atoms with E-state index in [9.17, 15) is 0 Å². The van der Waals surface area contributed by atoms with Crippen molar-refractivity contribution >= 4 is 11.6 Å². The van der Waals surface area contributed by atoms with E-state index in [1.54, 1.807) is 4.68 Å². The molecule has 0 aromatic carbocycles. The van der Waals surface area contributed by atoms with Crippen molar-refractivity contribution in [3.8, 4) is 0 Å². The van der Waals surface area contributed by atoms with Crippen molar-refractivity contribution in [3.05, 3.63) is 5.82 Å². The summed E-state index contributed by atoms with van der Waals surface area (Å²) >= 11 is 6.20. The lowest BCUT2D eigenvalue weighted by Gasteiger charge is -2.31. The molecule has 1 aromatic heterocycles. The summed E-state index contributed by atoms with van der Waals surface area (Å²) in [5.41, 5.74) is 0. The molecule has 1 aliphatic carbocycles. The van der Waals surface area contributed by atoms with Crippen LogP contribution < -0.4 is 0 Å². The molecule has 2 rings (SSSR count). The summed E-state index contributed by atoms with van der Waals surface area (Å²) in [6.07, 6.45) is 4.42. The number of aromatic nitrogens is 4. The lowest BCUT2D eigenvalue weighted by atomic mass is 9.78. The summed E-state index contributed by atoms with van der Waals surface area (Å²) in [4.78, 5) is 0. The van der Waals surface area contributed by atoms with Gasteiger partial charge in [-0.2, -0.15) is 0 Å². The van der Waals surface area contributed by atoms with Crippen LogP contribution in [0.15, 0.2) is 0 Å². The zero-order valence-electron chi connectivity index (χ0n) is 9.23. The zero-order chi connectivity index (χ0) is 10.8. The Morgan fingerprint density at radius 1 is 1.47 bits per heavy atom. The third kappa shape index (κ3) is 2.48. The molecule has 15 heavy (non-hydrogen) atoms. The standard InChI is InChI=1S/C10H17ClN4/c1-7-3-4-9(11)5-8(7)6-10-12-13-14-15(10)2/h7-9H,3-6H2,1-2H3. The number of rotatable bonds is 2. The van der Waals surface area contributed by atoms with E-state index in [1.165, 1.54) is 6.42 Å². The van der Waals surface area contributed by atoms with E-state index in [-0.39, 0.29) is 0 Å². The van der Waals surface area contributed by atoms with Gasteiger partial charge in [-0.05, 0) is 41.5 Å².